The van der Waals surface area contributed by atoms with Crippen molar-refractivity contribution in [2.45, 2.75) is 12.6 Å². The maximum atomic E-state index is 11.1. The van der Waals surface area contributed by atoms with Gasteiger partial charge in [-0.05, 0) is 12.1 Å². The molecule has 0 radical (unpaired) electrons. The second-order valence-corrected chi connectivity index (χ2v) is 4.39. The van der Waals surface area contributed by atoms with Gasteiger partial charge in [0, 0.05) is 18.5 Å². The van der Waals surface area contributed by atoms with Crippen LogP contribution in [0.5, 0.6) is 0 Å². The minimum atomic E-state index is -1.21. The monoisotopic (exact) mass is 280 g/mol. The van der Waals surface area contributed by atoms with Crippen molar-refractivity contribution in [2.75, 3.05) is 6.54 Å². The van der Waals surface area contributed by atoms with Crippen LogP contribution in [0.2, 0.25) is 0 Å². The normalized spacial score (nSPS) is 17.8. The largest absolute Gasteiger partial charge is 0.477 e. The van der Waals surface area contributed by atoms with Gasteiger partial charge in [-0.2, -0.15) is 0 Å². The molecule has 0 bridgehead atoms. The Hall–Kier alpha value is -2.02. The van der Waals surface area contributed by atoms with Crippen LogP contribution in [-0.2, 0) is 14.3 Å². The third kappa shape index (κ3) is 3.25. The van der Waals surface area contributed by atoms with Crippen molar-refractivity contribution >= 4 is 29.6 Å². The molecule has 1 aliphatic rings. The molecule has 0 amide bonds. The highest BCUT2D eigenvalue weighted by molar-refractivity contribution is 7.96. The smallest absolute Gasteiger partial charge is 0.368 e. The lowest BCUT2D eigenvalue weighted by atomic mass is 10.2. The molecule has 1 aliphatic heterocycles. The third-order valence-electron chi connectivity index (χ3n) is 2.50. The Morgan fingerprint density at radius 2 is 2.05 bits per heavy atom. The molecule has 0 saturated carbocycles. The summed E-state index contributed by atoms with van der Waals surface area (Å²) in [5, 5.41) is 14.1. The summed E-state index contributed by atoms with van der Waals surface area (Å²) >= 11 is 3.64. The fraction of sp³-hybridized carbons (Fsp3) is 0.250. The SMILES string of the molecule is O=C(S)CCN1N=C(c2ccccc2)OC1C(=O)O. The van der Waals surface area contributed by atoms with E-state index in [1.54, 1.807) is 24.3 Å². The molecule has 1 heterocycles. The van der Waals surface area contributed by atoms with Gasteiger partial charge in [-0.15, -0.1) is 17.7 Å². The van der Waals surface area contributed by atoms with Gasteiger partial charge >= 0.3 is 5.97 Å². The number of hydrogen-bond donors (Lipinski definition) is 2. The second-order valence-electron chi connectivity index (χ2n) is 3.89. The van der Waals surface area contributed by atoms with E-state index < -0.39 is 12.2 Å². The van der Waals surface area contributed by atoms with Crippen LogP contribution in [-0.4, -0.2) is 39.9 Å². The van der Waals surface area contributed by atoms with Crippen molar-refractivity contribution in [2.24, 2.45) is 5.10 Å². The molecule has 0 aromatic heterocycles. The van der Waals surface area contributed by atoms with Crippen LogP contribution in [0, 0.1) is 0 Å². The van der Waals surface area contributed by atoms with Crippen LogP contribution < -0.4 is 0 Å². The fourth-order valence-electron chi connectivity index (χ4n) is 1.62. The summed E-state index contributed by atoms with van der Waals surface area (Å²) in [7, 11) is 0. The van der Waals surface area contributed by atoms with E-state index in [0.717, 1.165) is 0 Å². The number of carboxylic acid groups (broad SMARTS) is 1. The number of benzene rings is 1. The average molecular weight is 280 g/mol. The van der Waals surface area contributed by atoms with Crippen molar-refractivity contribution in [3.63, 3.8) is 0 Å². The summed E-state index contributed by atoms with van der Waals surface area (Å²) < 4.78 is 5.29. The van der Waals surface area contributed by atoms with Crippen molar-refractivity contribution in [1.29, 1.82) is 0 Å². The van der Waals surface area contributed by atoms with Gasteiger partial charge in [0.15, 0.2) is 5.12 Å². The summed E-state index contributed by atoms with van der Waals surface area (Å²) in [6.07, 6.45) is -1.11. The van der Waals surface area contributed by atoms with E-state index in [1.807, 2.05) is 6.07 Å². The topological polar surface area (TPSA) is 79.2 Å². The number of carbonyl (C=O) groups excluding carboxylic acids is 1. The highest BCUT2D eigenvalue weighted by atomic mass is 32.1. The van der Waals surface area contributed by atoms with E-state index in [1.165, 1.54) is 5.01 Å². The number of carboxylic acids is 1. The van der Waals surface area contributed by atoms with E-state index >= 15 is 0 Å². The molecule has 2 rings (SSSR count). The van der Waals surface area contributed by atoms with Crippen molar-refractivity contribution in [3.05, 3.63) is 35.9 Å². The number of rotatable bonds is 5. The van der Waals surface area contributed by atoms with Crippen LogP contribution in [0.15, 0.2) is 35.4 Å². The van der Waals surface area contributed by atoms with Crippen LogP contribution in [0.4, 0.5) is 0 Å². The van der Waals surface area contributed by atoms with Gasteiger partial charge in [0.2, 0.25) is 5.90 Å². The molecule has 1 atom stereocenters. The van der Waals surface area contributed by atoms with Crippen LogP contribution >= 0.6 is 12.6 Å². The summed E-state index contributed by atoms with van der Waals surface area (Å²) in [6, 6.07) is 8.98. The molecule has 7 heteroatoms. The van der Waals surface area contributed by atoms with Crippen molar-refractivity contribution in [3.8, 4) is 0 Å². The van der Waals surface area contributed by atoms with Crippen molar-refractivity contribution < 1.29 is 19.4 Å². The van der Waals surface area contributed by atoms with Crippen LogP contribution in [0.3, 0.4) is 0 Å². The zero-order valence-electron chi connectivity index (χ0n) is 9.89. The van der Waals surface area contributed by atoms with Crippen LogP contribution in [0.1, 0.15) is 12.0 Å². The van der Waals surface area contributed by atoms with E-state index in [0.29, 0.717) is 5.56 Å². The molecule has 0 fully saturated rings. The Morgan fingerprint density at radius 1 is 1.37 bits per heavy atom. The lowest BCUT2D eigenvalue weighted by Crippen LogP contribution is -2.36. The first kappa shape index (κ1) is 13.4. The maximum Gasteiger partial charge on any atom is 0.368 e. The van der Waals surface area contributed by atoms with E-state index in [2.05, 4.69) is 17.7 Å². The minimum Gasteiger partial charge on any atom is -0.477 e. The van der Waals surface area contributed by atoms with Gasteiger partial charge in [0.25, 0.3) is 6.23 Å². The van der Waals surface area contributed by atoms with Gasteiger partial charge in [0.05, 0.1) is 0 Å². The molecular weight excluding hydrogens is 268 g/mol. The molecule has 100 valence electrons. The standard InChI is InChI=1S/C12H12N2O4S/c15-9(19)6-7-14-11(12(16)17)18-10(13-14)8-4-2-1-3-5-8/h1-5,11H,6-7H2,(H,15,19)(H,16,17). The third-order valence-corrected chi connectivity index (χ3v) is 2.72. The number of aliphatic carboxylic acids is 1. The molecular formula is C12H12N2O4S. The van der Waals surface area contributed by atoms with Crippen molar-refractivity contribution in [1.82, 2.24) is 5.01 Å². The molecule has 6 nitrogen and oxygen atoms in total. The number of ether oxygens (including phenoxy) is 1. The quantitative estimate of drug-likeness (QED) is 0.785. The molecule has 19 heavy (non-hydrogen) atoms. The van der Waals surface area contributed by atoms with Gasteiger partial charge in [-0.25, -0.2) is 9.80 Å². The van der Waals surface area contributed by atoms with E-state index in [-0.39, 0.29) is 24.0 Å². The summed E-state index contributed by atoms with van der Waals surface area (Å²) in [6.45, 7) is 0.148. The Balaban J connectivity index is 2.16. The predicted octanol–water partition coefficient (Wildman–Crippen LogP) is 0.938. The second kappa shape index (κ2) is 5.75. The molecule has 1 unspecified atom stereocenters. The number of hydrogen-bond acceptors (Lipinski definition) is 5. The summed E-state index contributed by atoms with van der Waals surface area (Å²) in [4.78, 5) is 21.9. The predicted molar refractivity (Wildman–Crippen MR) is 70.8 cm³/mol. The molecule has 0 saturated heterocycles. The minimum absolute atomic E-state index is 0.0990. The van der Waals surface area contributed by atoms with Gasteiger partial charge in [-0.1, -0.05) is 18.2 Å². The molecule has 1 aromatic rings. The summed E-state index contributed by atoms with van der Waals surface area (Å²) in [5.74, 6) is -0.916. The molecule has 0 aliphatic carbocycles. The lowest BCUT2D eigenvalue weighted by Gasteiger charge is -2.17. The number of thiol groups is 1. The van der Waals surface area contributed by atoms with Gasteiger partial charge < -0.3 is 9.84 Å². The highest BCUT2D eigenvalue weighted by Crippen LogP contribution is 2.18. The first-order chi connectivity index (χ1) is 9.08. The Bertz CT molecular complexity index is 518. The summed E-state index contributed by atoms with van der Waals surface area (Å²) in [5.41, 5.74) is 0.688. The Kier molecular flexibility index (Phi) is 4.06. The zero-order chi connectivity index (χ0) is 13.8. The van der Waals surface area contributed by atoms with E-state index in [4.69, 9.17) is 9.84 Å². The first-order valence-corrected chi connectivity index (χ1v) is 6.04. The Labute approximate surface area is 115 Å². The van der Waals surface area contributed by atoms with Gasteiger partial charge in [-0.3, -0.25) is 4.79 Å². The Morgan fingerprint density at radius 3 is 2.63 bits per heavy atom. The maximum absolute atomic E-state index is 11.1. The zero-order valence-corrected chi connectivity index (χ0v) is 10.8. The average Bonchev–Trinajstić information content (AvgIpc) is 2.81. The van der Waals surface area contributed by atoms with Crippen LogP contribution in [0.25, 0.3) is 0 Å². The highest BCUT2D eigenvalue weighted by Gasteiger charge is 2.34. The number of hydrazone groups is 1. The lowest BCUT2D eigenvalue weighted by molar-refractivity contribution is -0.153. The molecule has 1 aromatic carbocycles. The molecule has 1 N–H and O–H groups in total. The number of nitrogens with zero attached hydrogens (tertiary/aromatic N) is 2. The van der Waals surface area contributed by atoms with Gasteiger partial charge in [0.1, 0.15) is 0 Å². The number of carbonyl (C=O) groups is 2. The van der Waals surface area contributed by atoms with E-state index in [9.17, 15) is 9.59 Å². The molecule has 0 spiro atoms. The fourth-order valence-corrected chi connectivity index (χ4v) is 1.72. The first-order valence-electron chi connectivity index (χ1n) is 5.60.